The van der Waals surface area contributed by atoms with E-state index in [1.807, 2.05) is 24.3 Å². The van der Waals surface area contributed by atoms with Crippen molar-refractivity contribution in [2.75, 3.05) is 7.11 Å². The van der Waals surface area contributed by atoms with Crippen molar-refractivity contribution in [3.8, 4) is 5.75 Å². The van der Waals surface area contributed by atoms with E-state index in [1.54, 1.807) is 31.9 Å². The molecule has 0 amide bonds. The number of pyridine rings is 1. The van der Waals surface area contributed by atoms with E-state index < -0.39 is 0 Å². The summed E-state index contributed by atoms with van der Waals surface area (Å²) in [6, 6.07) is 7.57. The highest BCUT2D eigenvalue weighted by Crippen LogP contribution is 2.25. The summed E-state index contributed by atoms with van der Waals surface area (Å²) < 4.78 is 5.20. The van der Waals surface area contributed by atoms with Gasteiger partial charge in [0, 0.05) is 18.6 Å². The Morgan fingerprint density at radius 1 is 1.05 bits per heavy atom. The van der Waals surface area contributed by atoms with Gasteiger partial charge < -0.3 is 4.74 Å². The molecule has 0 spiro atoms. The second-order valence-electron chi connectivity index (χ2n) is 4.56. The van der Waals surface area contributed by atoms with E-state index in [0.29, 0.717) is 5.75 Å². The molecule has 3 N–H and O–H groups in total. The SMILES string of the molecule is COc1cncc(C(NN)c2ccc3nccnc3c2)c1. The number of hydrazine groups is 1. The van der Waals surface area contributed by atoms with Gasteiger partial charge in [-0.25, -0.2) is 5.43 Å². The van der Waals surface area contributed by atoms with Crippen molar-refractivity contribution in [1.82, 2.24) is 20.4 Å². The summed E-state index contributed by atoms with van der Waals surface area (Å²) in [5.41, 5.74) is 6.38. The molecule has 6 nitrogen and oxygen atoms in total. The van der Waals surface area contributed by atoms with Crippen LogP contribution in [0.25, 0.3) is 11.0 Å². The predicted octanol–water partition coefficient (Wildman–Crippen LogP) is 1.59. The number of methoxy groups -OCH3 is 1. The third-order valence-corrected chi connectivity index (χ3v) is 3.30. The van der Waals surface area contributed by atoms with Crippen molar-refractivity contribution in [3.05, 3.63) is 60.2 Å². The largest absolute Gasteiger partial charge is 0.495 e. The summed E-state index contributed by atoms with van der Waals surface area (Å²) >= 11 is 0. The van der Waals surface area contributed by atoms with Gasteiger partial charge in [0.1, 0.15) is 5.75 Å². The quantitative estimate of drug-likeness (QED) is 0.558. The Kier molecular flexibility index (Phi) is 3.72. The molecular formula is C15H15N5O. The fourth-order valence-electron chi connectivity index (χ4n) is 2.25. The van der Waals surface area contributed by atoms with Gasteiger partial charge in [-0.1, -0.05) is 6.07 Å². The first-order valence-electron chi connectivity index (χ1n) is 6.47. The maximum atomic E-state index is 5.72. The average molecular weight is 281 g/mol. The monoisotopic (exact) mass is 281 g/mol. The Morgan fingerprint density at radius 3 is 2.62 bits per heavy atom. The second kappa shape index (κ2) is 5.82. The van der Waals surface area contributed by atoms with Crippen LogP contribution in [-0.2, 0) is 0 Å². The molecule has 2 heterocycles. The van der Waals surface area contributed by atoms with Crippen molar-refractivity contribution in [2.45, 2.75) is 6.04 Å². The van der Waals surface area contributed by atoms with E-state index in [0.717, 1.165) is 22.2 Å². The predicted molar refractivity (Wildman–Crippen MR) is 79.5 cm³/mol. The van der Waals surface area contributed by atoms with Crippen LogP contribution < -0.4 is 16.0 Å². The highest BCUT2D eigenvalue weighted by Gasteiger charge is 2.14. The minimum absolute atomic E-state index is 0.195. The average Bonchev–Trinajstić information content (AvgIpc) is 2.56. The number of benzene rings is 1. The molecule has 2 aromatic heterocycles. The fourth-order valence-corrected chi connectivity index (χ4v) is 2.25. The summed E-state index contributed by atoms with van der Waals surface area (Å²) in [6.45, 7) is 0. The molecular weight excluding hydrogens is 266 g/mol. The Morgan fingerprint density at radius 2 is 1.86 bits per heavy atom. The third-order valence-electron chi connectivity index (χ3n) is 3.30. The first-order valence-corrected chi connectivity index (χ1v) is 6.47. The molecule has 1 aromatic carbocycles. The Balaban J connectivity index is 2.04. The number of ether oxygens (including phenoxy) is 1. The molecule has 0 aliphatic rings. The fraction of sp³-hybridized carbons (Fsp3) is 0.133. The van der Waals surface area contributed by atoms with Gasteiger partial charge in [-0.3, -0.25) is 20.8 Å². The summed E-state index contributed by atoms with van der Waals surface area (Å²) in [5.74, 6) is 6.41. The smallest absolute Gasteiger partial charge is 0.137 e. The summed E-state index contributed by atoms with van der Waals surface area (Å²) in [6.07, 6.45) is 6.76. The van der Waals surface area contributed by atoms with Crippen LogP contribution in [0.2, 0.25) is 0 Å². The lowest BCUT2D eigenvalue weighted by molar-refractivity contribution is 0.411. The minimum Gasteiger partial charge on any atom is -0.495 e. The summed E-state index contributed by atoms with van der Waals surface area (Å²) in [7, 11) is 1.61. The molecule has 6 heteroatoms. The normalized spacial score (nSPS) is 12.3. The van der Waals surface area contributed by atoms with Crippen LogP contribution in [0.4, 0.5) is 0 Å². The number of rotatable bonds is 4. The van der Waals surface area contributed by atoms with Gasteiger partial charge in [0.2, 0.25) is 0 Å². The number of nitrogens with one attached hydrogen (secondary N) is 1. The van der Waals surface area contributed by atoms with Crippen molar-refractivity contribution < 1.29 is 4.74 Å². The highest BCUT2D eigenvalue weighted by atomic mass is 16.5. The Hall–Kier alpha value is -2.57. The molecule has 1 atom stereocenters. The minimum atomic E-state index is -0.195. The van der Waals surface area contributed by atoms with E-state index in [-0.39, 0.29) is 6.04 Å². The van der Waals surface area contributed by atoms with Crippen LogP contribution in [0.1, 0.15) is 17.2 Å². The molecule has 0 radical (unpaired) electrons. The number of nitrogens with zero attached hydrogens (tertiary/aromatic N) is 3. The highest BCUT2D eigenvalue weighted by molar-refractivity contribution is 5.74. The van der Waals surface area contributed by atoms with E-state index >= 15 is 0 Å². The van der Waals surface area contributed by atoms with Crippen molar-refractivity contribution in [3.63, 3.8) is 0 Å². The van der Waals surface area contributed by atoms with Crippen LogP contribution in [0.3, 0.4) is 0 Å². The van der Waals surface area contributed by atoms with Gasteiger partial charge in [0.15, 0.2) is 0 Å². The molecule has 0 saturated carbocycles. The zero-order valence-electron chi connectivity index (χ0n) is 11.5. The molecule has 0 fully saturated rings. The molecule has 106 valence electrons. The van der Waals surface area contributed by atoms with Crippen LogP contribution in [0.5, 0.6) is 5.75 Å². The number of hydrogen-bond donors (Lipinski definition) is 2. The molecule has 21 heavy (non-hydrogen) atoms. The van der Waals surface area contributed by atoms with Crippen molar-refractivity contribution in [1.29, 1.82) is 0 Å². The third kappa shape index (κ3) is 2.67. The van der Waals surface area contributed by atoms with Crippen molar-refractivity contribution in [2.24, 2.45) is 5.84 Å². The molecule has 0 aliphatic carbocycles. The topological polar surface area (TPSA) is 86.0 Å². The number of nitrogens with two attached hydrogens (primary N) is 1. The molecule has 0 saturated heterocycles. The van der Waals surface area contributed by atoms with E-state index in [2.05, 4.69) is 20.4 Å². The second-order valence-corrected chi connectivity index (χ2v) is 4.56. The summed E-state index contributed by atoms with van der Waals surface area (Å²) in [4.78, 5) is 12.7. The first kappa shape index (κ1) is 13.4. The molecule has 0 aliphatic heterocycles. The van der Waals surface area contributed by atoms with Gasteiger partial charge in [-0.15, -0.1) is 0 Å². The molecule has 3 rings (SSSR count). The molecule has 1 unspecified atom stereocenters. The standard InChI is InChI=1S/C15H15N5O/c1-21-12-6-11(8-17-9-12)15(20-16)10-2-3-13-14(7-10)19-5-4-18-13/h2-9,15,20H,16H2,1H3. The van der Waals surface area contributed by atoms with Crippen LogP contribution >= 0.6 is 0 Å². The van der Waals surface area contributed by atoms with Gasteiger partial charge in [0.25, 0.3) is 0 Å². The lowest BCUT2D eigenvalue weighted by Crippen LogP contribution is -2.29. The van der Waals surface area contributed by atoms with Gasteiger partial charge in [-0.05, 0) is 29.3 Å². The van der Waals surface area contributed by atoms with Gasteiger partial charge in [0.05, 0.1) is 30.4 Å². The Labute approximate surface area is 122 Å². The van der Waals surface area contributed by atoms with Crippen LogP contribution in [-0.4, -0.2) is 22.1 Å². The first-order chi connectivity index (χ1) is 10.3. The van der Waals surface area contributed by atoms with Gasteiger partial charge >= 0.3 is 0 Å². The van der Waals surface area contributed by atoms with Crippen LogP contribution in [0.15, 0.2) is 49.1 Å². The van der Waals surface area contributed by atoms with Crippen molar-refractivity contribution >= 4 is 11.0 Å². The van der Waals surface area contributed by atoms with Gasteiger partial charge in [-0.2, -0.15) is 0 Å². The molecule has 0 bridgehead atoms. The number of fused-ring (bicyclic) bond motifs is 1. The lowest BCUT2D eigenvalue weighted by atomic mass is 10.00. The summed E-state index contributed by atoms with van der Waals surface area (Å²) in [5, 5.41) is 0. The number of aromatic nitrogens is 3. The zero-order chi connectivity index (χ0) is 14.7. The van der Waals surface area contributed by atoms with E-state index in [4.69, 9.17) is 10.6 Å². The maximum Gasteiger partial charge on any atom is 0.137 e. The lowest BCUT2D eigenvalue weighted by Gasteiger charge is -2.17. The zero-order valence-corrected chi connectivity index (χ0v) is 11.5. The van der Waals surface area contributed by atoms with Crippen LogP contribution in [0, 0.1) is 0 Å². The number of hydrogen-bond acceptors (Lipinski definition) is 6. The van der Waals surface area contributed by atoms with E-state index in [9.17, 15) is 0 Å². The van der Waals surface area contributed by atoms with E-state index in [1.165, 1.54) is 0 Å². The maximum absolute atomic E-state index is 5.72. The Bertz CT molecular complexity index is 762. The molecule has 3 aromatic rings.